The molecule has 1 atom stereocenters. The van der Waals surface area contributed by atoms with Gasteiger partial charge in [-0.3, -0.25) is 14.2 Å². The Balaban J connectivity index is 1.43. The van der Waals surface area contributed by atoms with Crippen molar-refractivity contribution in [3.05, 3.63) is 52.7 Å². The molecule has 160 valence electrons. The quantitative estimate of drug-likeness (QED) is 0.607. The van der Waals surface area contributed by atoms with Gasteiger partial charge in [0.05, 0.1) is 11.0 Å². The zero-order valence-corrected chi connectivity index (χ0v) is 17.4. The van der Waals surface area contributed by atoms with Crippen molar-refractivity contribution >= 4 is 22.5 Å². The maximum Gasteiger partial charge on any atom is 0.275 e. The summed E-state index contributed by atoms with van der Waals surface area (Å²) in [6, 6.07) is 8.44. The Hall–Kier alpha value is -2.67. The van der Waals surface area contributed by atoms with Crippen LogP contribution in [0.15, 0.2) is 41.3 Å². The molecule has 7 heteroatoms. The van der Waals surface area contributed by atoms with Crippen LogP contribution in [-0.2, 0) is 11.3 Å². The number of likely N-dealkylation sites (tertiary alicyclic amines) is 1. The molecular formula is C23H29FN4O2. The highest BCUT2D eigenvalue weighted by Gasteiger charge is 2.20. The second kappa shape index (κ2) is 9.00. The highest BCUT2D eigenvalue weighted by molar-refractivity contribution is 5.82. The van der Waals surface area contributed by atoms with E-state index in [-0.39, 0.29) is 18.0 Å². The normalized spacial score (nSPS) is 17.6. The number of carbonyl (C=O) groups excluding carboxylic acids is 1. The van der Waals surface area contributed by atoms with E-state index >= 15 is 0 Å². The van der Waals surface area contributed by atoms with E-state index < -0.39 is 5.82 Å². The Morgan fingerprint density at radius 3 is 2.90 bits per heavy atom. The number of nitrogens with zero attached hydrogens (tertiary/aromatic N) is 3. The molecule has 1 fully saturated rings. The van der Waals surface area contributed by atoms with Gasteiger partial charge in [-0.1, -0.05) is 13.3 Å². The van der Waals surface area contributed by atoms with Gasteiger partial charge >= 0.3 is 0 Å². The highest BCUT2D eigenvalue weighted by Crippen LogP contribution is 2.19. The second-order valence-corrected chi connectivity index (χ2v) is 8.09. The number of aromatic nitrogens is 2. The SMILES string of the molecule is CC[C@@H]1CCCCN1CCCNC(=O)Cn1c(=O)c2cccn2c2ccc(F)cc21. The van der Waals surface area contributed by atoms with Gasteiger partial charge < -0.3 is 14.6 Å². The van der Waals surface area contributed by atoms with Crippen molar-refractivity contribution in [1.82, 2.24) is 19.2 Å². The largest absolute Gasteiger partial charge is 0.355 e. The monoisotopic (exact) mass is 412 g/mol. The number of carbonyl (C=O) groups is 1. The summed E-state index contributed by atoms with van der Waals surface area (Å²) < 4.78 is 17.0. The fraction of sp³-hybridized carbons (Fsp3) is 0.478. The highest BCUT2D eigenvalue weighted by atomic mass is 19.1. The van der Waals surface area contributed by atoms with Crippen LogP contribution < -0.4 is 10.9 Å². The standard InChI is InChI=1S/C23H29FN4O2/c1-2-18-7-3-4-12-26(18)13-6-11-25-22(29)16-28-21-15-17(24)9-10-19(21)27-14-5-8-20(27)23(28)30/h5,8-10,14-15,18H,2-4,6-7,11-13,16H2,1H3,(H,25,29)/t18-/m1/s1. The molecule has 2 aromatic heterocycles. The fourth-order valence-electron chi connectivity index (χ4n) is 4.61. The topological polar surface area (TPSA) is 58.8 Å². The van der Waals surface area contributed by atoms with Crippen LogP contribution in [0.2, 0.25) is 0 Å². The van der Waals surface area contributed by atoms with E-state index in [0.29, 0.717) is 29.1 Å². The molecule has 1 aromatic carbocycles. The predicted octanol–water partition coefficient (Wildman–Crippen LogP) is 3.16. The van der Waals surface area contributed by atoms with Crippen molar-refractivity contribution in [2.75, 3.05) is 19.6 Å². The smallest absolute Gasteiger partial charge is 0.275 e. The minimum Gasteiger partial charge on any atom is -0.355 e. The lowest BCUT2D eigenvalue weighted by atomic mass is 10.00. The Morgan fingerprint density at radius 2 is 2.07 bits per heavy atom. The lowest BCUT2D eigenvalue weighted by Gasteiger charge is -2.35. The van der Waals surface area contributed by atoms with Crippen molar-refractivity contribution in [1.29, 1.82) is 0 Å². The number of benzene rings is 1. The molecule has 0 unspecified atom stereocenters. The van der Waals surface area contributed by atoms with Crippen molar-refractivity contribution < 1.29 is 9.18 Å². The van der Waals surface area contributed by atoms with Gasteiger partial charge in [-0.15, -0.1) is 0 Å². The predicted molar refractivity (Wildman–Crippen MR) is 116 cm³/mol. The van der Waals surface area contributed by atoms with Gasteiger partial charge in [0.1, 0.15) is 17.9 Å². The van der Waals surface area contributed by atoms with Crippen molar-refractivity contribution in [3.8, 4) is 0 Å². The molecule has 1 saturated heterocycles. The van der Waals surface area contributed by atoms with Gasteiger partial charge in [0.2, 0.25) is 5.91 Å². The van der Waals surface area contributed by atoms with E-state index in [2.05, 4.69) is 17.1 Å². The van der Waals surface area contributed by atoms with Gasteiger partial charge in [0.25, 0.3) is 5.56 Å². The zero-order chi connectivity index (χ0) is 21.1. The van der Waals surface area contributed by atoms with Crippen molar-refractivity contribution in [2.24, 2.45) is 0 Å². The number of rotatable bonds is 7. The number of hydrogen-bond acceptors (Lipinski definition) is 3. The number of amides is 1. The summed E-state index contributed by atoms with van der Waals surface area (Å²) in [5, 5.41) is 2.93. The van der Waals surface area contributed by atoms with Gasteiger partial charge in [-0.25, -0.2) is 4.39 Å². The van der Waals surface area contributed by atoms with Gasteiger partial charge in [0.15, 0.2) is 0 Å². The van der Waals surface area contributed by atoms with Crippen LogP contribution in [-0.4, -0.2) is 45.5 Å². The number of piperidine rings is 1. The summed E-state index contributed by atoms with van der Waals surface area (Å²) in [6.07, 6.45) is 7.63. The molecule has 3 aromatic rings. The Bertz CT molecular complexity index is 1100. The lowest BCUT2D eigenvalue weighted by molar-refractivity contribution is -0.121. The molecule has 4 rings (SSSR count). The third kappa shape index (κ3) is 4.12. The van der Waals surface area contributed by atoms with E-state index in [1.54, 1.807) is 28.8 Å². The molecule has 1 aliphatic heterocycles. The average Bonchev–Trinajstić information content (AvgIpc) is 3.24. The maximum absolute atomic E-state index is 13.9. The Kier molecular flexibility index (Phi) is 6.18. The third-order valence-corrected chi connectivity index (χ3v) is 6.17. The first-order chi connectivity index (χ1) is 14.6. The minimum absolute atomic E-state index is 0.123. The summed E-state index contributed by atoms with van der Waals surface area (Å²) in [5.41, 5.74) is 1.28. The van der Waals surface area contributed by atoms with E-state index in [9.17, 15) is 14.0 Å². The molecular weight excluding hydrogens is 383 g/mol. The molecule has 3 heterocycles. The summed E-state index contributed by atoms with van der Waals surface area (Å²) in [4.78, 5) is 28.0. The first kappa shape index (κ1) is 20.6. The molecule has 0 bridgehead atoms. The van der Waals surface area contributed by atoms with Crippen molar-refractivity contribution in [3.63, 3.8) is 0 Å². The van der Waals surface area contributed by atoms with Crippen LogP contribution in [0.25, 0.3) is 16.6 Å². The van der Waals surface area contributed by atoms with E-state index in [1.165, 1.54) is 42.4 Å². The average molecular weight is 413 g/mol. The minimum atomic E-state index is -0.436. The first-order valence-corrected chi connectivity index (χ1v) is 10.9. The molecule has 0 spiro atoms. The number of halogens is 1. The molecule has 30 heavy (non-hydrogen) atoms. The van der Waals surface area contributed by atoms with Crippen molar-refractivity contribution in [2.45, 2.75) is 51.6 Å². The zero-order valence-electron chi connectivity index (χ0n) is 17.4. The molecule has 1 aliphatic rings. The van der Waals surface area contributed by atoms with Crippen LogP contribution >= 0.6 is 0 Å². The fourth-order valence-corrected chi connectivity index (χ4v) is 4.61. The number of nitrogens with one attached hydrogen (secondary N) is 1. The summed E-state index contributed by atoms with van der Waals surface area (Å²) in [7, 11) is 0. The Morgan fingerprint density at radius 1 is 1.20 bits per heavy atom. The van der Waals surface area contributed by atoms with Crippen LogP contribution in [0, 0.1) is 5.82 Å². The second-order valence-electron chi connectivity index (χ2n) is 8.09. The van der Waals surface area contributed by atoms with Gasteiger partial charge in [-0.05, 0) is 62.6 Å². The van der Waals surface area contributed by atoms with Gasteiger partial charge in [-0.2, -0.15) is 0 Å². The van der Waals surface area contributed by atoms with E-state index in [0.717, 1.165) is 19.5 Å². The molecule has 1 N–H and O–H groups in total. The van der Waals surface area contributed by atoms with Crippen LogP contribution in [0.5, 0.6) is 0 Å². The molecule has 6 nitrogen and oxygen atoms in total. The first-order valence-electron chi connectivity index (χ1n) is 10.9. The van der Waals surface area contributed by atoms with Gasteiger partial charge in [0, 0.05) is 25.3 Å². The molecule has 0 radical (unpaired) electrons. The Labute approximate surface area is 175 Å². The number of fused-ring (bicyclic) bond motifs is 3. The van der Waals surface area contributed by atoms with Crippen LogP contribution in [0.1, 0.15) is 39.0 Å². The summed E-state index contributed by atoms with van der Waals surface area (Å²) in [6.45, 7) is 4.79. The van der Waals surface area contributed by atoms with E-state index in [4.69, 9.17) is 0 Å². The third-order valence-electron chi connectivity index (χ3n) is 6.17. The van der Waals surface area contributed by atoms with Crippen LogP contribution in [0.3, 0.4) is 0 Å². The maximum atomic E-state index is 13.9. The summed E-state index contributed by atoms with van der Waals surface area (Å²) >= 11 is 0. The summed E-state index contributed by atoms with van der Waals surface area (Å²) in [5.74, 6) is -0.668. The molecule has 1 amide bonds. The molecule has 0 aliphatic carbocycles. The lowest BCUT2D eigenvalue weighted by Crippen LogP contribution is -2.41. The van der Waals surface area contributed by atoms with E-state index in [1.807, 2.05) is 0 Å². The number of hydrogen-bond donors (Lipinski definition) is 1. The van der Waals surface area contributed by atoms with Crippen LogP contribution in [0.4, 0.5) is 4.39 Å². The molecule has 0 saturated carbocycles.